The van der Waals surface area contributed by atoms with E-state index in [2.05, 4.69) is 26.3 Å². The van der Waals surface area contributed by atoms with Gasteiger partial charge in [0.15, 0.2) is 0 Å². The Balaban J connectivity index is -0.000000656. The SMILES string of the molecule is C=C\C(C)=C/C(C=C)=C(C=C)/C=C(/C)C=C.CC.CC. The fraction of sp³-hybridized carbons (Fsp3) is 0.300. The van der Waals surface area contributed by atoms with Crippen LogP contribution in [0.1, 0.15) is 41.5 Å². The molecule has 0 fully saturated rings. The first kappa shape index (κ1) is 23.3. The maximum absolute atomic E-state index is 3.81. The second kappa shape index (κ2) is 17.2. The lowest BCUT2D eigenvalue weighted by molar-refractivity contribution is 1.44. The van der Waals surface area contributed by atoms with E-state index in [0.29, 0.717) is 0 Å². The lowest BCUT2D eigenvalue weighted by Gasteiger charge is -2.02. The molecule has 20 heavy (non-hydrogen) atoms. The molecule has 0 atom stereocenters. The Bertz CT molecular complexity index is 346. The highest BCUT2D eigenvalue weighted by Crippen LogP contribution is 2.15. The van der Waals surface area contributed by atoms with Crippen LogP contribution in [0.2, 0.25) is 0 Å². The second-order valence-corrected chi connectivity index (χ2v) is 3.50. The van der Waals surface area contributed by atoms with Gasteiger partial charge in [-0.3, -0.25) is 0 Å². The van der Waals surface area contributed by atoms with E-state index >= 15 is 0 Å². The normalized spacial score (nSPS) is 11.7. The molecule has 0 heterocycles. The van der Waals surface area contributed by atoms with Crippen LogP contribution in [0.3, 0.4) is 0 Å². The van der Waals surface area contributed by atoms with Crippen molar-refractivity contribution in [3.63, 3.8) is 0 Å². The molecular formula is C20H32. The molecule has 0 aromatic rings. The van der Waals surface area contributed by atoms with Crippen molar-refractivity contribution in [2.45, 2.75) is 41.5 Å². The Morgan fingerprint density at radius 3 is 0.950 bits per heavy atom. The van der Waals surface area contributed by atoms with Gasteiger partial charge in [-0.25, -0.2) is 0 Å². The van der Waals surface area contributed by atoms with Gasteiger partial charge in [0.2, 0.25) is 0 Å². The molecular weight excluding hydrogens is 240 g/mol. The Labute approximate surface area is 127 Å². The topological polar surface area (TPSA) is 0 Å². The average molecular weight is 272 g/mol. The first-order chi connectivity index (χ1) is 9.58. The van der Waals surface area contributed by atoms with Crippen molar-refractivity contribution in [1.82, 2.24) is 0 Å². The van der Waals surface area contributed by atoms with Gasteiger partial charge in [-0.05, 0) is 25.0 Å². The van der Waals surface area contributed by atoms with Gasteiger partial charge in [-0.15, -0.1) is 0 Å². The first-order valence-corrected chi connectivity index (χ1v) is 7.19. The molecule has 0 rings (SSSR count). The van der Waals surface area contributed by atoms with E-state index in [-0.39, 0.29) is 0 Å². The minimum absolute atomic E-state index is 1.04. The van der Waals surface area contributed by atoms with E-state index < -0.39 is 0 Å². The summed E-state index contributed by atoms with van der Waals surface area (Å²) in [5.41, 5.74) is 4.26. The average Bonchev–Trinajstić information content (AvgIpc) is 2.53. The Hall–Kier alpha value is -1.82. The van der Waals surface area contributed by atoms with Crippen LogP contribution in [-0.2, 0) is 0 Å². The molecule has 0 spiro atoms. The summed E-state index contributed by atoms with van der Waals surface area (Å²) in [6, 6.07) is 0. The van der Waals surface area contributed by atoms with Crippen LogP contribution in [0.15, 0.2) is 85.1 Å². The number of hydrogen-bond donors (Lipinski definition) is 0. The van der Waals surface area contributed by atoms with E-state index in [4.69, 9.17) is 0 Å². The largest absolute Gasteiger partial charge is 0.0988 e. The summed E-state index contributed by atoms with van der Waals surface area (Å²) in [6.45, 7) is 27.1. The zero-order valence-corrected chi connectivity index (χ0v) is 14.3. The van der Waals surface area contributed by atoms with E-state index in [1.807, 2.05) is 78.0 Å². The standard InChI is InChI=1S/C16H20.2C2H6/c1-7-13(5)11-15(9-3)16(10-4)12-14(6)8-2;2*1-2/h7-12H,1-4H2,5-6H3;2*1-2H3/b13-11-,14-12-,16-15+;;. The summed E-state index contributed by atoms with van der Waals surface area (Å²) in [5.74, 6) is 0. The van der Waals surface area contributed by atoms with Crippen molar-refractivity contribution < 1.29 is 0 Å². The van der Waals surface area contributed by atoms with Crippen LogP contribution in [0, 0.1) is 0 Å². The van der Waals surface area contributed by atoms with Crippen molar-refractivity contribution in [3.8, 4) is 0 Å². The monoisotopic (exact) mass is 272 g/mol. The van der Waals surface area contributed by atoms with Gasteiger partial charge in [0.1, 0.15) is 0 Å². The molecule has 0 nitrogen and oxygen atoms in total. The molecule has 0 aromatic carbocycles. The molecule has 0 amide bonds. The predicted octanol–water partition coefficient (Wildman–Crippen LogP) is 6.97. The van der Waals surface area contributed by atoms with Crippen molar-refractivity contribution in [1.29, 1.82) is 0 Å². The molecule has 0 radical (unpaired) electrons. The fourth-order valence-corrected chi connectivity index (χ4v) is 1.13. The predicted molar refractivity (Wildman–Crippen MR) is 98.0 cm³/mol. The minimum atomic E-state index is 1.04. The molecule has 0 aliphatic heterocycles. The van der Waals surface area contributed by atoms with Gasteiger partial charge < -0.3 is 0 Å². The van der Waals surface area contributed by atoms with Crippen LogP contribution < -0.4 is 0 Å². The third-order valence-corrected chi connectivity index (χ3v) is 2.18. The Kier molecular flexibility index (Phi) is 20.0. The van der Waals surface area contributed by atoms with E-state index in [0.717, 1.165) is 22.3 Å². The van der Waals surface area contributed by atoms with E-state index in [1.54, 1.807) is 0 Å². The molecule has 0 N–H and O–H groups in total. The number of allylic oxidation sites excluding steroid dienone is 10. The Morgan fingerprint density at radius 1 is 0.550 bits per heavy atom. The third kappa shape index (κ3) is 11.3. The molecule has 112 valence electrons. The van der Waals surface area contributed by atoms with Crippen LogP contribution >= 0.6 is 0 Å². The lowest BCUT2D eigenvalue weighted by atomic mass is 10.0. The van der Waals surface area contributed by atoms with Gasteiger partial charge in [0, 0.05) is 0 Å². The molecule has 0 bridgehead atoms. The lowest BCUT2D eigenvalue weighted by Crippen LogP contribution is -1.83. The maximum Gasteiger partial charge on any atom is -0.0187 e. The van der Waals surface area contributed by atoms with Crippen LogP contribution in [0.25, 0.3) is 0 Å². The van der Waals surface area contributed by atoms with Gasteiger partial charge in [0.05, 0.1) is 0 Å². The van der Waals surface area contributed by atoms with Crippen molar-refractivity contribution in [2.24, 2.45) is 0 Å². The minimum Gasteiger partial charge on any atom is -0.0988 e. The summed E-state index contributed by atoms with van der Waals surface area (Å²) < 4.78 is 0. The summed E-state index contributed by atoms with van der Waals surface area (Å²) in [4.78, 5) is 0. The highest BCUT2D eigenvalue weighted by Gasteiger charge is 1.95. The molecule has 0 aliphatic carbocycles. The third-order valence-electron chi connectivity index (χ3n) is 2.18. The highest BCUT2D eigenvalue weighted by molar-refractivity contribution is 5.49. The smallest absolute Gasteiger partial charge is 0.0187 e. The number of rotatable bonds is 6. The fourth-order valence-electron chi connectivity index (χ4n) is 1.13. The van der Waals surface area contributed by atoms with Crippen molar-refractivity contribution >= 4 is 0 Å². The summed E-state index contributed by atoms with van der Waals surface area (Å²) >= 11 is 0. The van der Waals surface area contributed by atoms with Crippen LogP contribution in [0.4, 0.5) is 0 Å². The van der Waals surface area contributed by atoms with E-state index in [9.17, 15) is 0 Å². The van der Waals surface area contributed by atoms with Gasteiger partial charge in [0.25, 0.3) is 0 Å². The van der Waals surface area contributed by atoms with Crippen molar-refractivity contribution in [2.75, 3.05) is 0 Å². The van der Waals surface area contributed by atoms with Crippen molar-refractivity contribution in [3.05, 3.63) is 85.1 Å². The quantitative estimate of drug-likeness (QED) is 0.458. The van der Waals surface area contributed by atoms with Crippen LogP contribution in [-0.4, -0.2) is 0 Å². The first-order valence-electron chi connectivity index (χ1n) is 7.19. The molecule has 0 heteroatoms. The van der Waals surface area contributed by atoms with Crippen LogP contribution in [0.5, 0.6) is 0 Å². The Morgan fingerprint density at radius 2 is 0.800 bits per heavy atom. The van der Waals surface area contributed by atoms with Gasteiger partial charge in [-0.1, -0.05) is 102 Å². The maximum atomic E-state index is 3.81. The molecule has 0 saturated heterocycles. The molecule has 0 aliphatic rings. The second-order valence-electron chi connectivity index (χ2n) is 3.50. The zero-order chi connectivity index (χ0) is 16.6. The van der Waals surface area contributed by atoms with E-state index in [1.165, 1.54) is 0 Å². The molecule has 0 unspecified atom stereocenters. The summed E-state index contributed by atoms with van der Waals surface area (Å²) in [6.07, 6.45) is 11.3. The summed E-state index contributed by atoms with van der Waals surface area (Å²) in [7, 11) is 0. The zero-order valence-electron chi connectivity index (χ0n) is 14.3. The van der Waals surface area contributed by atoms with Gasteiger partial charge >= 0.3 is 0 Å². The highest BCUT2D eigenvalue weighted by atomic mass is 14.0. The summed E-state index contributed by atoms with van der Waals surface area (Å²) in [5, 5.41) is 0. The number of hydrogen-bond acceptors (Lipinski definition) is 0. The van der Waals surface area contributed by atoms with Gasteiger partial charge in [-0.2, -0.15) is 0 Å². The molecule has 0 aromatic heterocycles. The molecule has 0 saturated carbocycles.